The number of benzene rings is 2. The summed E-state index contributed by atoms with van der Waals surface area (Å²) in [6.07, 6.45) is 1.59. The van der Waals surface area contributed by atoms with Crippen LogP contribution in [0.25, 0.3) is 21.9 Å². The lowest BCUT2D eigenvalue weighted by molar-refractivity contribution is -0.164. The molecule has 172 valence electrons. The standard InChI is InChI=1S/C27H23NO6/c1-27(2)22-19(21-24(34-27)12-7-5-6-8-14(12)28(3)25(21)29)18-17-16(33-26(30)20(18)22)11-15-13(9-10-32-15)23(17)31-4/h5-11,18-20,22H,1-4H3/t18-,19-,20-,22+/m0/s1. The molecule has 2 aromatic heterocycles. The van der Waals surface area contributed by atoms with Crippen LogP contribution in [0.15, 0.2) is 51.9 Å². The van der Waals surface area contributed by atoms with Gasteiger partial charge in [-0.25, -0.2) is 0 Å². The quantitative estimate of drug-likeness (QED) is 0.309. The van der Waals surface area contributed by atoms with E-state index in [0.29, 0.717) is 28.4 Å². The summed E-state index contributed by atoms with van der Waals surface area (Å²) in [6, 6.07) is 11.4. The predicted molar refractivity (Wildman–Crippen MR) is 125 cm³/mol. The minimum atomic E-state index is -0.669. The van der Waals surface area contributed by atoms with E-state index in [4.69, 9.17) is 18.6 Å². The van der Waals surface area contributed by atoms with Gasteiger partial charge in [-0.15, -0.1) is 0 Å². The van der Waals surface area contributed by atoms with E-state index in [1.54, 1.807) is 31.1 Å². The number of ether oxygens (including phenoxy) is 3. The fourth-order valence-electron chi connectivity index (χ4n) is 6.72. The highest BCUT2D eigenvalue weighted by atomic mass is 16.5. The molecular formula is C27H23NO6. The fourth-order valence-corrected chi connectivity index (χ4v) is 6.72. The number of aryl methyl sites for hydroxylation is 1. The smallest absolute Gasteiger partial charge is 0.315 e. The average molecular weight is 457 g/mol. The molecule has 7 nitrogen and oxygen atoms in total. The van der Waals surface area contributed by atoms with Crippen molar-refractivity contribution in [2.75, 3.05) is 7.11 Å². The topological polar surface area (TPSA) is 79.9 Å². The van der Waals surface area contributed by atoms with Crippen LogP contribution in [0.1, 0.15) is 36.8 Å². The number of rotatable bonds is 1. The Morgan fingerprint density at radius 3 is 2.59 bits per heavy atom. The highest BCUT2D eigenvalue weighted by Gasteiger charge is 2.67. The summed E-state index contributed by atoms with van der Waals surface area (Å²) in [4.78, 5) is 27.0. The summed E-state index contributed by atoms with van der Waals surface area (Å²) in [5.41, 5.74) is 2.09. The molecule has 2 aromatic carbocycles. The lowest BCUT2D eigenvalue weighted by Gasteiger charge is -2.60. The largest absolute Gasteiger partial charge is 0.496 e. The second-order valence-corrected chi connectivity index (χ2v) is 10.0. The molecule has 0 unspecified atom stereocenters. The molecule has 0 N–H and O–H groups in total. The van der Waals surface area contributed by atoms with Gasteiger partial charge in [0, 0.05) is 41.8 Å². The SMILES string of the molecule is COc1c2c(cc3occc13)OC(=O)[C@H]1[C@@H]2[C@H]2c3c(c4ccccc4n(C)c3=O)OC(C)(C)[C@@H]12. The van der Waals surface area contributed by atoms with Crippen LogP contribution in [-0.2, 0) is 11.8 Å². The van der Waals surface area contributed by atoms with Gasteiger partial charge < -0.3 is 23.2 Å². The van der Waals surface area contributed by atoms with Gasteiger partial charge >= 0.3 is 5.97 Å². The van der Waals surface area contributed by atoms with Gasteiger partial charge in [-0.1, -0.05) is 12.1 Å². The second kappa shape index (κ2) is 6.23. The number of fused-ring (bicyclic) bond motifs is 11. The van der Waals surface area contributed by atoms with E-state index in [0.717, 1.165) is 21.9 Å². The Bertz CT molecular complexity index is 1610. The number of pyridine rings is 1. The third-order valence-corrected chi connectivity index (χ3v) is 8.07. The number of hydrogen-bond acceptors (Lipinski definition) is 6. The molecular weight excluding hydrogens is 434 g/mol. The van der Waals surface area contributed by atoms with E-state index < -0.39 is 11.5 Å². The van der Waals surface area contributed by atoms with E-state index in [2.05, 4.69) is 0 Å². The van der Waals surface area contributed by atoms with Gasteiger partial charge in [-0.05, 0) is 32.0 Å². The third kappa shape index (κ3) is 2.18. The first kappa shape index (κ1) is 19.7. The molecule has 4 aromatic rings. The van der Waals surface area contributed by atoms with Crippen LogP contribution in [0.3, 0.4) is 0 Å². The van der Waals surface area contributed by atoms with Crippen molar-refractivity contribution in [2.45, 2.75) is 31.3 Å². The number of methoxy groups -OCH3 is 1. The number of esters is 1. The Hall–Kier alpha value is -3.74. The number of aromatic nitrogens is 1. The van der Waals surface area contributed by atoms with Crippen molar-refractivity contribution in [2.24, 2.45) is 18.9 Å². The summed E-state index contributed by atoms with van der Waals surface area (Å²) >= 11 is 0. The summed E-state index contributed by atoms with van der Waals surface area (Å²) in [5, 5.41) is 1.71. The van der Waals surface area contributed by atoms with Crippen LogP contribution < -0.4 is 19.8 Å². The highest BCUT2D eigenvalue weighted by Crippen LogP contribution is 2.69. The van der Waals surface area contributed by atoms with Crippen LogP contribution in [0.4, 0.5) is 0 Å². The van der Waals surface area contributed by atoms with E-state index >= 15 is 0 Å². The van der Waals surface area contributed by atoms with Gasteiger partial charge in [0.15, 0.2) is 0 Å². The van der Waals surface area contributed by atoms with E-state index in [1.807, 2.05) is 44.2 Å². The monoisotopic (exact) mass is 457 g/mol. The van der Waals surface area contributed by atoms with Crippen molar-refractivity contribution in [3.05, 3.63) is 64.1 Å². The molecule has 0 amide bonds. The van der Waals surface area contributed by atoms with Crippen LogP contribution in [0.2, 0.25) is 0 Å². The van der Waals surface area contributed by atoms with Crippen LogP contribution in [0.5, 0.6) is 17.2 Å². The van der Waals surface area contributed by atoms with Gasteiger partial charge in [-0.3, -0.25) is 9.59 Å². The molecule has 2 aliphatic heterocycles. The first-order valence-electron chi connectivity index (χ1n) is 11.4. The molecule has 0 spiro atoms. The molecule has 0 radical (unpaired) electrons. The Balaban J connectivity index is 1.56. The van der Waals surface area contributed by atoms with E-state index in [1.165, 1.54) is 0 Å². The predicted octanol–water partition coefficient (Wildman–Crippen LogP) is 4.50. The zero-order valence-electron chi connectivity index (χ0n) is 19.2. The van der Waals surface area contributed by atoms with Crippen LogP contribution in [0, 0.1) is 11.8 Å². The lowest BCUT2D eigenvalue weighted by atomic mass is 9.47. The summed E-state index contributed by atoms with van der Waals surface area (Å²) in [6.45, 7) is 3.99. The highest BCUT2D eigenvalue weighted by molar-refractivity contribution is 5.93. The zero-order chi connectivity index (χ0) is 23.5. The molecule has 4 heterocycles. The molecule has 0 saturated heterocycles. The van der Waals surface area contributed by atoms with Gasteiger partial charge in [0.25, 0.3) is 5.56 Å². The average Bonchev–Trinajstić information content (AvgIpc) is 3.25. The number of para-hydroxylation sites is 1. The number of nitrogens with zero attached hydrogens (tertiary/aromatic N) is 1. The molecule has 7 heteroatoms. The van der Waals surface area contributed by atoms with Crippen LogP contribution >= 0.6 is 0 Å². The fraction of sp³-hybridized carbons (Fsp3) is 0.333. The first-order valence-corrected chi connectivity index (χ1v) is 11.4. The molecule has 0 bridgehead atoms. The zero-order valence-corrected chi connectivity index (χ0v) is 19.2. The van der Waals surface area contributed by atoms with Gasteiger partial charge in [-0.2, -0.15) is 0 Å². The van der Waals surface area contributed by atoms with Crippen molar-refractivity contribution in [1.29, 1.82) is 0 Å². The maximum Gasteiger partial charge on any atom is 0.315 e. The molecule has 4 atom stereocenters. The van der Waals surface area contributed by atoms with Gasteiger partial charge in [0.1, 0.15) is 28.4 Å². The van der Waals surface area contributed by atoms with Gasteiger partial charge in [0.2, 0.25) is 0 Å². The summed E-state index contributed by atoms with van der Waals surface area (Å²) in [7, 11) is 3.40. The maximum atomic E-state index is 13.7. The Labute approximate surface area is 194 Å². The lowest BCUT2D eigenvalue weighted by Crippen LogP contribution is -2.63. The molecule has 34 heavy (non-hydrogen) atoms. The van der Waals surface area contributed by atoms with Gasteiger partial charge in [0.05, 0.1) is 35.8 Å². The number of furan rings is 1. The minimum absolute atomic E-state index is 0.0958. The Morgan fingerprint density at radius 2 is 1.79 bits per heavy atom. The summed E-state index contributed by atoms with van der Waals surface area (Å²) < 4.78 is 25.5. The molecule has 1 saturated carbocycles. The second-order valence-electron chi connectivity index (χ2n) is 10.0. The maximum absolute atomic E-state index is 13.7. The van der Waals surface area contributed by atoms with Crippen molar-refractivity contribution < 1.29 is 23.4 Å². The third-order valence-electron chi connectivity index (χ3n) is 8.07. The van der Waals surface area contributed by atoms with Crippen molar-refractivity contribution in [3.63, 3.8) is 0 Å². The minimum Gasteiger partial charge on any atom is -0.496 e. The normalized spacial score (nSPS) is 25.9. The van der Waals surface area contributed by atoms with Crippen molar-refractivity contribution in [3.8, 4) is 17.2 Å². The number of carbonyl (C=O) groups is 1. The first-order chi connectivity index (χ1) is 16.3. The Kier molecular flexibility index (Phi) is 3.61. The number of hydrogen-bond donors (Lipinski definition) is 0. The van der Waals surface area contributed by atoms with E-state index in [-0.39, 0.29) is 29.3 Å². The summed E-state index contributed by atoms with van der Waals surface area (Å²) in [5.74, 6) is 0.275. The molecule has 3 aliphatic rings. The number of carbonyl (C=O) groups excluding carboxylic acids is 1. The van der Waals surface area contributed by atoms with Crippen molar-refractivity contribution in [1.82, 2.24) is 4.57 Å². The van der Waals surface area contributed by atoms with E-state index in [9.17, 15) is 9.59 Å². The van der Waals surface area contributed by atoms with Crippen LogP contribution in [-0.4, -0.2) is 23.2 Å². The molecule has 7 rings (SSSR count). The van der Waals surface area contributed by atoms with Crippen molar-refractivity contribution >= 4 is 27.8 Å². The molecule has 1 aliphatic carbocycles. The molecule has 1 fully saturated rings. The Morgan fingerprint density at radius 1 is 1.00 bits per heavy atom.